The molecule has 0 fully saturated rings. The zero-order chi connectivity index (χ0) is 10.0. The fourth-order valence-corrected chi connectivity index (χ4v) is 1.47. The van der Waals surface area contributed by atoms with Crippen LogP contribution in [0, 0.1) is 5.92 Å². The van der Waals surface area contributed by atoms with E-state index in [2.05, 4.69) is 32.8 Å². The molecule has 1 rings (SSSR count). The molecule has 0 aliphatic rings. The van der Waals surface area contributed by atoms with E-state index < -0.39 is 0 Å². The molecule has 0 unspecified atom stereocenters. The Balaban J connectivity index is 2.94. The molecule has 3 heteroatoms. The lowest BCUT2D eigenvalue weighted by atomic mass is 10.1. The van der Waals surface area contributed by atoms with Crippen molar-refractivity contribution in [1.82, 2.24) is 9.78 Å². The molecule has 74 valence electrons. The number of hydrogen-bond acceptors (Lipinski definition) is 2. The summed E-state index contributed by atoms with van der Waals surface area (Å²) in [6.07, 6.45) is 1.53. The van der Waals surface area contributed by atoms with Crippen molar-refractivity contribution in [3.8, 4) is 5.75 Å². The average Bonchev–Trinajstić information content (AvgIpc) is 2.30. The van der Waals surface area contributed by atoms with Crippen molar-refractivity contribution in [3.05, 3.63) is 11.9 Å². The first-order valence-electron chi connectivity index (χ1n) is 4.77. The van der Waals surface area contributed by atoms with Crippen LogP contribution in [-0.4, -0.2) is 14.9 Å². The van der Waals surface area contributed by atoms with E-state index in [0.29, 0.717) is 17.6 Å². The smallest absolute Gasteiger partial charge is 0.157 e. The van der Waals surface area contributed by atoms with Crippen LogP contribution in [-0.2, 0) is 6.54 Å². The fraction of sp³-hybridized carbons (Fsp3) is 0.700. The third-order valence-corrected chi connectivity index (χ3v) is 1.94. The largest absolute Gasteiger partial charge is 0.504 e. The summed E-state index contributed by atoms with van der Waals surface area (Å²) in [6, 6.07) is 0. The highest BCUT2D eigenvalue weighted by molar-refractivity contribution is 5.25. The minimum Gasteiger partial charge on any atom is -0.504 e. The minimum atomic E-state index is 0.315. The number of rotatable bonds is 3. The highest BCUT2D eigenvalue weighted by Crippen LogP contribution is 2.25. The maximum atomic E-state index is 9.53. The summed E-state index contributed by atoms with van der Waals surface area (Å²) in [5.41, 5.74) is 0.939. The lowest BCUT2D eigenvalue weighted by molar-refractivity contribution is 0.436. The second kappa shape index (κ2) is 3.81. The molecule has 1 N–H and O–H groups in total. The molecule has 0 atom stereocenters. The highest BCUT2D eigenvalue weighted by atomic mass is 16.3. The summed E-state index contributed by atoms with van der Waals surface area (Å²) in [6.45, 7) is 9.28. The third kappa shape index (κ3) is 2.23. The van der Waals surface area contributed by atoms with Crippen LogP contribution in [0.3, 0.4) is 0 Å². The van der Waals surface area contributed by atoms with Crippen molar-refractivity contribution >= 4 is 0 Å². The monoisotopic (exact) mass is 182 g/mol. The van der Waals surface area contributed by atoms with Crippen molar-refractivity contribution < 1.29 is 5.11 Å². The lowest BCUT2D eigenvalue weighted by Crippen LogP contribution is -2.10. The maximum Gasteiger partial charge on any atom is 0.157 e. The molecule has 0 bridgehead atoms. The van der Waals surface area contributed by atoms with Gasteiger partial charge in [-0.15, -0.1) is 0 Å². The summed E-state index contributed by atoms with van der Waals surface area (Å²) < 4.78 is 1.89. The van der Waals surface area contributed by atoms with Crippen molar-refractivity contribution in [1.29, 1.82) is 0 Å². The minimum absolute atomic E-state index is 0.315. The van der Waals surface area contributed by atoms with Crippen LogP contribution in [0.1, 0.15) is 39.3 Å². The first-order chi connectivity index (χ1) is 6.02. The Labute approximate surface area is 79.4 Å². The van der Waals surface area contributed by atoms with Crippen molar-refractivity contribution in [2.24, 2.45) is 5.92 Å². The molecule has 0 saturated heterocycles. The van der Waals surface area contributed by atoms with E-state index in [1.807, 2.05) is 4.68 Å². The van der Waals surface area contributed by atoms with Crippen molar-refractivity contribution in [2.75, 3.05) is 0 Å². The van der Waals surface area contributed by atoms with Gasteiger partial charge in [-0.2, -0.15) is 5.10 Å². The molecule has 3 nitrogen and oxygen atoms in total. The van der Waals surface area contributed by atoms with Crippen LogP contribution in [0.2, 0.25) is 0 Å². The van der Waals surface area contributed by atoms with Crippen LogP contribution in [0.5, 0.6) is 5.75 Å². The molecule has 0 radical (unpaired) electrons. The number of aromatic hydroxyl groups is 1. The molecular weight excluding hydrogens is 164 g/mol. The Morgan fingerprint density at radius 3 is 2.46 bits per heavy atom. The average molecular weight is 182 g/mol. The molecule has 0 saturated carbocycles. The first-order valence-corrected chi connectivity index (χ1v) is 4.77. The van der Waals surface area contributed by atoms with Gasteiger partial charge in [-0.25, -0.2) is 0 Å². The van der Waals surface area contributed by atoms with Crippen LogP contribution in [0.15, 0.2) is 6.20 Å². The Hall–Kier alpha value is -0.990. The molecule has 0 amide bonds. The molecule has 1 aromatic rings. The van der Waals surface area contributed by atoms with Crippen molar-refractivity contribution in [2.45, 2.75) is 40.2 Å². The Bertz CT molecular complexity index is 276. The van der Waals surface area contributed by atoms with Crippen LogP contribution in [0.4, 0.5) is 0 Å². The molecule has 0 aliphatic carbocycles. The predicted molar refractivity (Wildman–Crippen MR) is 52.8 cm³/mol. The lowest BCUT2D eigenvalue weighted by Gasteiger charge is -2.12. The van der Waals surface area contributed by atoms with E-state index in [1.165, 1.54) is 6.20 Å². The molecular formula is C10H18N2O. The highest BCUT2D eigenvalue weighted by Gasteiger charge is 2.13. The van der Waals surface area contributed by atoms with Gasteiger partial charge in [0.05, 0.1) is 11.9 Å². The molecule has 13 heavy (non-hydrogen) atoms. The summed E-state index contributed by atoms with van der Waals surface area (Å²) in [7, 11) is 0. The van der Waals surface area contributed by atoms with E-state index >= 15 is 0 Å². The maximum absolute atomic E-state index is 9.53. The van der Waals surface area contributed by atoms with E-state index in [1.54, 1.807) is 0 Å². The molecule has 1 aromatic heterocycles. The second-order valence-electron chi connectivity index (χ2n) is 4.15. The summed E-state index contributed by atoms with van der Waals surface area (Å²) >= 11 is 0. The zero-order valence-electron chi connectivity index (χ0n) is 8.78. The normalized spacial score (nSPS) is 11.5. The fourth-order valence-electron chi connectivity index (χ4n) is 1.47. The van der Waals surface area contributed by atoms with Gasteiger partial charge >= 0.3 is 0 Å². The predicted octanol–water partition coefficient (Wildman–Crippen LogP) is 2.37. The third-order valence-electron chi connectivity index (χ3n) is 1.94. The number of aromatic nitrogens is 2. The SMILES string of the molecule is CC(C)Cn1ncc(O)c1C(C)C. The molecule has 0 aliphatic heterocycles. The van der Waals surface area contributed by atoms with Crippen LogP contribution >= 0.6 is 0 Å². The molecule has 0 aromatic carbocycles. The topological polar surface area (TPSA) is 38.0 Å². The van der Waals surface area contributed by atoms with Crippen LogP contribution in [0.25, 0.3) is 0 Å². The van der Waals surface area contributed by atoms with Gasteiger partial charge in [0, 0.05) is 6.54 Å². The second-order valence-corrected chi connectivity index (χ2v) is 4.15. The van der Waals surface area contributed by atoms with Gasteiger partial charge in [0.1, 0.15) is 0 Å². The Morgan fingerprint density at radius 2 is 2.00 bits per heavy atom. The summed E-state index contributed by atoms with van der Waals surface area (Å²) in [5.74, 6) is 1.19. The van der Waals surface area contributed by atoms with Gasteiger partial charge in [-0.1, -0.05) is 27.7 Å². The van der Waals surface area contributed by atoms with Crippen LogP contribution < -0.4 is 0 Å². The van der Waals surface area contributed by atoms with Gasteiger partial charge in [-0.3, -0.25) is 4.68 Å². The van der Waals surface area contributed by atoms with Gasteiger partial charge in [0.25, 0.3) is 0 Å². The quantitative estimate of drug-likeness (QED) is 0.779. The van der Waals surface area contributed by atoms with E-state index in [4.69, 9.17) is 0 Å². The Kier molecular flexibility index (Phi) is 2.96. The van der Waals surface area contributed by atoms with Gasteiger partial charge in [0.2, 0.25) is 0 Å². The van der Waals surface area contributed by atoms with Gasteiger partial charge in [-0.05, 0) is 11.8 Å². The molecule has 1 heterocycles. The zero-order valence-corrected chi connectivity index (χ0v) is 8.78. The summed E-state index contributed by atoms with van der Waals surface area (Å²) in [4.78, 5) is 0. The number of nitrogens with zero attached hydrogens (tertiary/aromatic N) is 2. The van der Waals surface area contributed by atoms with E-state index in [9.17, 15) is 5.11 Å². The first kappa shape index (κ1) is 10.1. The van der Waals surface area contributed by atoms with Gasteiger partial charge in [0.15, 0.2) is 5.75 Å². The summed E-state index contributed by atoms with van der Waals surface area (Å²) in [5, 5.41) is 13.7. The standard InChI is InChI=1S/C10H18N2O/c1-7(2)6-12-10(8(3)4)9(13)5-11-12/h5,7-8,13H,6H2,1-4H3. The van der Waals surface area contributed by atoms with E-state index in [0.717, 1.165) is 12.2 Å². The number of hydrogen-bond donors (Lipinski definition) is 1. The van der Waals surface area contributed by atoms with Gasteiger partial charge < -0.3 is 5.11 Å². The van der Waals surface area contributed by atoms with E-state index in [-0.39, 0.29) is 0 Å². The Morgan fingerprint density at radius 1 is 1.38 bits per heavy atom. The molecule has 0 spiro atoms. The van der Waals surface area contributed by atoms with Crippen molar-refractivity contribution in [3.63, 3.8) is 0 Å².